The highest BCUT2D eigenvalue weighted by atomic mass is 32.2. The minimum Gasteiger partial charge on any atom is -0.207 e. The second kappa shape index (κ2) is 4.28. The third-order valence-electron chi connectivity index (χ3n) is 5.40. The van der Waals surface area contributed by atoms with Crippen LogP contribution in [0.3, 0.4) is 0 Å². The predicted molar refractivity (Wildman–Crippen MR) is 73.0 cm³/mol. The number of hydrogen-bond donors (Lipinski definition) is 1. The molecule has 0 aromatic heterocycles. The summed E-state index contributed by atoms with van der Waals surface area (Å²) in [5.41, 5.74) is -0.404. The van der Waals surface area contributed by atoms with E-state index in [0.29, 0.717) is 23.7 Å². The topological polar surface area (TPSA) is 70.0 Å². The van der Waals surface area contributed by atoms with E-state index in [1.54, 1.807) is 6.07 Å². The van der Waals surface area contributed by atoms with Crippen LogP contribution in [0.4, 0.5) is 4.39 Å². The number of nitrogens with zero attached hydrogens (tertiary/aromatic N) is 1. The van der Waals surface area contributed by atoms with Crippen molar-refractivity contribution in [1.29, 1.82) is 5.26 Å². The third-order valence-corrected chi connectivity index (χ3v) is 6.90. The first-order valence-corrected chi connectivity index (χ1v) is 8.72. The molecule has 4 atom stereocenters. The lowest BCUT2D eigenvalue weighted by molar-refractivity contribution is 0.456. The van der Waals surface area contributed by atoms with Crippen molar-refractivity contribution in [3.05, 3.63) is 29.6 Å². The van der Waals surface area contributed by atoms with Gasteiger partial charge in [0.25, 0.3) is 0 Å². The highest BCUT2D eigenvalue weighted by Crippen LogP contribution is 2.65. The van der Waals surface area contributed by atoms with Gasteiger partial charge >= 0.3 is 0 Å². The first-order valence-electron chi connectivity index (χ1n) is 7.24. The molecule has 0 saturated heterocycles. The molecule has 4 rings (SSSR count). The van der Waals surface area contributed by atoms with Crippen molar-refractivity contribution >= 4 is 10.0 Å². The molecule has 6 heteroatoms. The summed E-state index contributed by atoms with van der Waals surface area (Å²) in [7, 11) is -3.84. The summed E-state index contributed by atoms with van der Waals surface area (Å²) in [6.45, 7) is 0. The second-order valence-corrected chi connectivity index (χ2v) is 8.04. The molecular formula is C15H15FN2O2S. The number of halogens is 1. The number of nitrogens with one attached hydrogen (secondary N) is 1. The Morgan fingerprint density at radius 3 is 2.52 bits per heavy atom. The van der Waals surface area contributed by atoms with Crippen LogP contribution in [0.2, 0.25) is 0 Å². The van der Waals surface area contributed by atoms with Crippen molar-refractivity contribution in [2.75, 3.05) is 0 Å². The molecule has 3 saturated carbocycles. The Morgan fingerprint density at radius 1 is 1.24 bits per heavy atom. The number of fused-ring (bicyclic) bond motifs is 5. The first-order chi connectivity index (χ1) is 10.0. The maximum Gasteiger partial charge on any atom is 0.242 e. The van der Waals surface area contributed by atoms with Crippen molar-refractivity contribution in [2.24, 2.45) is 23.7 Å². The molecule has 0 aliphatic heterocycles. The maximum absolute atomic E-state index is 13.6. The molecule has 3 aliphatic carbocycles. The van der Waals surface area contributed by atoms with Crippen LogP contribution in [0.25, 0.3) is 0 Å². The Hall–Kier alpha value is -1.45. The molecule has 1 aromatic carbocycles. The lowest BCUT2D eigenvalue weighted by Crippen LogP contribution is -2.30. The van der Waals surface area contributed by atoms with E-state index in [9.17, 15) is 12.8 Å². The molecule has 110 valence electrons. The highest BCUT2D eigenvalue weighted by molar-refractivity contribution is 7.89. The normalized spacial score (nSPS) is 36.3. The van der Waals surface area contributed by atoms with Crippen LogP contribution in [0.5, 0.6) is 0 Å². The highest BCUT2D eigenvalue weighted by Gasteiger charge is 2.65. The molecule has 0 radical (unpaired) electrons. The van der Waals surface area contributed by atoms with Crippen LogP contribution >= 0.6 is 0 Å². The molecule has 1 N–H and O–H groups in total. The zero-order valence-electron chi connectivity index (χ0n) is 11.3. The monoisotopic (exact) mass is 306 g/mol. The van der Waals surface area contributed by atoms with Gasteiger partial charge in [-0.1, -0.05) is 6.07 Å². The maximum atomic E-state index is 13.6. The van der Waals surface area contributed by atoms with Gasteiger partial charge in [0, 0.05) is 6.04 Å². The molecule has 2 bridgehead atoms. The van der Waals surface area contributed by atoms with Crippen molar-refractivity contribution in [2.45, 2.75) is 30.2 Å². The van der Waals surface area contributed by atoms with Gasteiger partial charge in [0.05, 0.1) is 0 Å². The fraction of sp³-hybridized carbons (Fsp3) is 0.533. The summed E-state index contributed by atoms with van der Waals surface area (Å²) >= 11 is 0. The average molecular weight is 306 g/mol. The molecule has 3 fully saturated rings. The van der Waals surface area contributed by atoms with E-state index in [1.807, 2.05) is 0 Å². The Kier molecular flexibility index (Phi) is 2.69. The van der Waals surface area contributed by atoms with Crippen molar-refractivity contribution in [3.63, 3.8) is 0 Å². The predicted octanol–water partition coefficient (Wildman–Crippen LogP) is 2.02. The summed E-state index contributed by atoms with van der Waals surface area (Å²) in [5.74, 6) is 1.41. The minimum absolute atomic E-state index is 0.0175. The van der Waals surface area contributed by atoms with Crippen molar-refractivity contribution in [1.82, 2.24) is 4.72 Å². The second-order valence-electron chi connectivity index (χ2n) is 6.36. The Morgan fingerprint density at radius 2 is 1.90 bits per heavy atom. The van der Waals surface area contributed by atoms with Crippen molar-refractivity contribution < 1.29 is 12.8 Å². The van der Waals surface area contributed by atoms with Crippen LogP contribution in [0.15, 0.2) is 23.1 Å². The van der Waals surface area contributed by atoms with Gasteiger partial charge in [-0.05, 0) is 55.1 Å². The van der Waals surface area contributed by atoms with Gasteiger partial charge in [0.1, 0.15) is 22.3 Å². The van der Waals surface area contributed by atoms with Gasteiger partial charge in [-0.2, -0.15) is 5.26 Å². The van der Waals surface area contributed by atoms with Crippen molar-refractivity contribution in [3.8, 4) is 6.07 Å². The van der Waals surface area contributed by atoms with Gasteiger partial charge in [-0.15, -0.1) is 0 Å². The number of rotatable bonds is 3. The smallest absolute Gasteiger partial charge is 0.207 e. The van der Waals surface area contributed by atoms with Crippen LogP contribution in [-0.4, -0.2) is 14.5 Å². The van der Waals surface area contributed by atoms with Crippen LogP contribution < -0.4 is 4.72 Å². The number of sulfonamides is 1. The summed E-state index contributed by atoms with van der Waals surface area (Å²) in [4.78, 5) is -0.248. The van der Waals surface area contributed by atoms with Gasteiger partial charge in [0.2, 0.25) is 10.0 Å². The van der Waals surface area contributed by atoms with Gasteiger partial charge in [0.15, 0.2) is 0 Å². The zero-order chi connectivity index (χ0) is 14.8. The Labute approximate surface area is 123 Å². The van der Waals surface area contributed by atoms with Gasteiger partial charge in [-0.3, -0.25) is 0 Å². The molecule has 4 unspecified atom stereocenters. The fourth-order valence-electron chi connectivity index (χ4n) is 4.56. The first kappa shape index (κ1) is 13.2. The lowest BCUT2D eigenvalue weighted by atomic mass is 10.0. The van der Waals surface area contributed by atoms with E-state index in [1.165, 1.54) is 31.4 Å². The third kappa shape index (κ3) is 1.84. The molecule has 0 spiro atoms. The summed E-state index contributed by atoms with van der Waals surface area (Å²) in [6.07, 6.45) is 3.64. The van der Waals surface area contributed by atoms with E-state index in [0.717, 1.165) is 6.07 Å². The lowest BCUT2D eigenvalue weighted by Gasteiger charge is -2.12. The van der Waals surface area contributed by atoms with Crippen LogP contribution in [0.1, 0.15) is 24.8 Å². The largest absolute Gasteiger partial charge is 0.242 e. The summed E-state index contributed by atoms with van der Waals surface area (Å²) in [5, 5.41) is 8.99. The molecular weight excluding hydrogens is 291 g/mol. The zero-order valence-corrected chi connectivity index (χ0v) is 12.1. The quantitative estimate of drug-likeness (QED) is 0.929. The van der Waals surface area contributed by atoms with E-state index in [2.05, 4.69) is 4.72 Å². The molecule has 1 aromatic rings. The molecule has 4 nitrogen and oxygen atoms in total. The Balaban J connectivity index is 1.61. The van der Waals surface area contributed by atoms with Gasteiger partial charge in [-0.25, -0.2) is 17.5 Å². The standard InChI is InChI=1S/C15H15FN2O2S/c16-11-2-1-3-12(10(11)7-17)21(19,20)18-15-13-8-4-5-9(6-8)14(13)15/h1-3,8-9,13-15,18H,4-6H2. The van der Waals surface area contributed by atoms with E-state index < -0.39 is 21.4 Å². The summed E-state index contributed by atoms with van der Waals surface area (Å²) < 4.78 is 41.2. The molecule has 0 heterocycles. The van der Waals surface area contributed by atoms with Crippen LogP contribution in [-0.2, 0) is 10.0 Å². The number of nitriles is 1. The van der Waals surface area contributed by atoms with Crippen LogP contribution in [0, 0.1) is 40.8 Å². The average Bonchev–Trinajstić information content (AvgIpc) is 2.85. The fourth-order valence-corrected chi connectivity index (χ4v) is 6.03. The van der Waals surface area contributed by atoms with Gasteiger partial charge < -0.3 is 0 Å². The van der Waals surface area contributed by atoms with E-state index >= 15 is 0 Å². The molecule has 21 heavy (non-hydrogen) atoms. The number of benzene rings is 1. The Bertz CT molecular complexity index is 739. The molecule has 0 amide bonds. The SMILES string of the molecule is N#Cc1c(F)cccc1S(=O)(=O)NC1C2C3CCC(C3)C12. The molecule has 3 aliphatic rings. The number of hydrogen-bond acceptors (Lipinski definition) is 3. The summed E-state index contributed by atoms with van der Waals surface area (Å²) in [6, 6.07) is 5.34. The van der Waals surface area contributed by atoms with E-state index in [-0.39, 0.29) is 10.9 Å². The minimum atomic E-state index is -3.84. The van der Waals surface area contributed by atoms with E-state index in [4.69, 9.17) is 5.26 Å².